The van der Waals surface area contributed by atoms with Gasteiger partial charge in [0.2, 0.25) is 5.89 Å². The molecule has 0 N–H and O–H groups in total. The third-order valence-corrected chi connectivity index (χ3v) is 10.9. The van der Waals surface area contributed by atoms with E-state index in [9.17, 15) is 0 Å². The summed E-state index contributed by atoms with van der Waals surface area (Å²) in [5, 5.41) is 35.8. The Balaban J connectivity index is -0.000000158. The molecule has 0 amide bonds. The molecular weight excluding hydrogens is 1240 g/mol. The number of nitrogens with zero attached hydrogens (tertiary/aromatic N) is 19. The summed E-state index contributed by atoms with van der Waals surface area (Å²) in [6, 6.07) is 4.04. The van der Waals surface area contributed by atoms with E-state index in [-0.39, 0.29) is 81.1 Å². The van der Waals surface area contributed by atoms with Crippen molar-refractivity contribution < 1.29 is 13.8 Å². The molecule has 0 spiro atoms. The van der Waals surface area contributed by atoms with E-state index in [1.54, 1.807) is 41.6 Å². The Kier molecular flexibility index (Phi) is 53.0. The molecule has 0 unspecified atom stereocenters. The second kappa shape index (κ2) is 48.6. The fraction of sp³-hybridized carbons (Fsp3) is 0.727. The molecule has 8 aromatic heterocycles. The number of aromatic nitrogens is 19. The molecule has 0 radical (unpaired) electrons. The molecule has 0 atom stereocenters. The van der Waals surface area contributed by atoms with E-state index >= 15 is 0 Å². The quantitative estimate of drug-likeness (QED) is 0.123. The van der Waals surface area contributed by atoms with Gasteiger partial charge in [-0.05, 0) is 110 Å². The van der Waals surface area contributed by atoms with Gasteiger partial charge in [-0.15, -0.1) is 5.10 Å². The van der Waals surface area contributed by atoms with Crippen LogP contribution >= 0.6 is 0 Å². The third kappa shape index (κ3) is 61.7. The average molecular weight is 1390 g/mol. The number of ether oxygens (including phenoxy) is 1. The first-order valence-electron chi connectivity index (χ1n) is 31.8. The lowest BCUT2D eigenvalue weighted by molar-refractivity contribution is 0.302. The van der Waals surface area contributed by atoms with Crippen molar-refractivity contribution in [2.45, 2.75) is 319 Å². The zero-order chi connectivity index (χ0) is 69.8. The van der Waals surface area contributed by atoms with Gasteiger partial charge in [0.25, 0.3) is 5.88 Å². The maximum absolute atomic E-state index is 5.21. The minimum absolute atomic E-state index is 0. The molecule has 0 bridgehead atoms. The maximum Gasteiger partial charge on any atom is 0.253 e. The van der Waals surface area contributed by atoms with Crippen LogP contribution in [-0.2, 0) is 58.8 Å². The predicted molar refractivity (Wildman–Crippen MR) is 419 cm³/mol. The smallest absolute Gasteiger partial charge is 0.253 e. The lowest BCUT2D eigenvalue weighted by atomic mass is 9.90. The van der Waals surface area contributed by atoms with Crippen LogP contribution in [0.25, 0.3) is 0 Å². The van der Waals surface area contributed by atoms with Crippen molar-refractivity contribution in [1.29, 1.82) is 0 Å². The van der Waals surface area contributed by atoms with Crippen molar-refractivity contribution >= 4 is 0 Å². The molecule has 22 heteroatoms. The second-order valence-electron chi connectivity index (χ2n) is 33.0. The van der Waals surface area contributed by atoms with Crippen molar-refractivity contribution in [3.8, 4) is 5.88 Å². The van der Waals surface area contributed by atoms with E-state index in [4.69, 9.17) is 13.8 Å². The molecule has 574 valence electrons. The summed E-state index contributed by atoms with van der Waals surface area (Å²) in [5.41, 5.74) is 9.53. The zero-order valence-electron chi connectivity index (χ0n) is 62.4. The normalized spacial score (nSPS) is 10.9. The van der Waals surface area contributed by atoms with E-state index in [2.05, 4.69) is 242 Å². The molecule has 0 saturated carbocycles. The van der Waals surface area contributed by atoms with Gasteiger partial charge in [0, 0.05) is 69.5 Å². The van der Waals surface area contributed by atoms with E-state index in [0.717, 1.165) is 103 Å². The summed E-state index contributed by atoms with van der Waals surface area (Å²) in [6.45, 7) is 67.2. The topological polar surface area (TPSA) is 249 Å². The van der Waals surface area contributed by atoms with E-state index in [1.807, 2.05) is 88.0 Å². The molecule has 0 aliphatic rings. The number of hydrogen-bond acceptors (Lipinski definition) is 18. The van der Waals surface area contributed by atoms with Crippen LogP contribution in [0.15, 0.2) is 71.1 Å². The van der Waals surface area contributed by atoms with Crippen molar-refractivity contribution in [2.75, 3.05) is 6.61 Å². The van der Waals surface area contributed by atoms with Crippen LogP contribution in [0, 0.1) is 77.9 Å². The molecule has 8 rings (SSSR count). The SMILES string of the molecule is C.C.C.C.C.C.C.C.CC(C)(C)Cn1cncn1.CCOc1cn(CC(C)(C)C)nn1.Cc1cc(CC(C)(C)C)ncn1.Cc1cc(CC(C)(C)C)no1.Cc1cnc(CC(C)(C)C)cn1.Cc1cnn(CC(C)(C)C)n1.Cc1nc(CC(C)(C)C)no1.Cn1cc(CC(C)(C)C)nn1. The summed E-state index contributed by atoms with van der Waals surface area (Å²) >= 11 is 0. The highest BCUT2D eigenvalue weighted by molar-refractivity contribution is 5.08. The number of hydrogen-bond donors (Lipinski definition) is 0. The lowest BCUT2D eigenvalue weighted by Crippen LogP contribution is -2.17. The van der Waals surface area contributed by atoms with Crippen LogP contribution in [0.2, 0.25) is 0 Å². The Hall–Kier alpha value is -7.13. The first kappa shape index (κ1) is 108. The molecule has 22 nitrogen and oxygen atoms in total. The monoisotopic (exact) mass is 1390 g/mol. The van der Waals surface area contributed by atoms with E-state index in [0.29, 0.717) is 40.0 Å². The molecule has 99 heavy (non-hydrogen) atoms. The number of rotatable bonds is 10. The van der Waals surface area contributed by atoms with Gasteiger partial charge >= 0.3 is 0 Å². The van der Waals surface area contributed by atoms with Crippen LogP contribution in [0.5, 0.6) is 5.88 Å². The van der Waals surface area contributed by atoms with Crippen LogP contribution in [-0.4, -0.2) is 102 Å². The highest BCUT2D eigenvalue weighted by Gasteiger charge is 2.18. The molecule has 0 aliphatic carbocycles. The van der Waals surface area contributed by atoms with Gasteiger partial charge in [0.05, 0.1) is 54.0 Å². The van der Waals surface area contributed by atoms with Gasteiger partial charge in [-0.25, -0.2) is 19.6 Å². The standard InChI is InChI=1S/2C10H16N2.C9H17N3O.C9H15NO.2C8H15N3.C8H14N2O.C7H13N3.8CH4/c1-8-6-12-9(7-11-8)5-10(2,3)4;1-8-5-9(12-7-11-8)6-10(2,3)4;1-5-13-8-6-12(11-10-8)7-9(2,3)4;1-7-5-8(10-11-7)6-9(2,3)4;1-8(2,3)5-7-6-11(4)10-9-7;1-7-5-9-11(10-7)6-8(2,3)4;1-6-9-7(10-11-6)5-8(2,3)4;1-7(2,3)4-10-6-8-5-9-10;;;;;;;;/h6-7H,5H2,1-4H3;5,7H,6H2,1-4H3;6H,5,7H2,1-4H3;5H,6H2,1-4H3;6H,5H2,1-4H3;5H,6H2,1-4H3;5H2,1-4H3;5-6H,4H2,1-3H3;8*1H4. The fourth-order valence-corrected chi connectivity index (χ4v) is 7.90. The molecule has 0 saturated heterocycles. The van der Waals surface area contributed by atoms with Crippen LogP contribution < -0.4 is 4.74 Å². The summed E-state index contributed by atoms with van der Waals surface area (Å²) in [6.07, 6.45) is 19.0. The average Bonchev–Trinajstić information content (AvgIpc) is 1.27. The first-order valence-corrected chi connectivity index (χ1v) is 31.8. The summed E-state index contributed by atoms with van der Waals surface area (Å²) < 4.78 is 20.4. The van der Waals surface area contributed by atoms with Gasteiger partial charge < -0.3 is 13.8 Å². The van der Waals surface area contributed by atoms with Crippen LogP contribution in [0.4, 0.5) is 0 Å². The largest absolute Gasteiger partial charge is 0.476 e. The maximum atomic E-state index is 5.21. The van der Waals surface area contributed by atoms with Crippen LogP contribution in [0.1, 0.15) is 290 Å². The van der Waals surface area contributed by atoms with E-state index in [1.165, 1.54) is 0 Å². The van der Waals surface area contributed by atoms with E-state index < -0.39 is 0 Å². The Labute approximate surface area is 607 Å². The van der Waals surface area contributed by atoms with Crippen molar-refractivity contribution in [1.82, 2.24) is 95.0 Å². The lowest BCUT2D eigenvalue weighted by Gasteiger charge is -2.16. The summed E-state index contributed by atoms with van der Waals surface area (Å²) in [7, 11) is 1.89. The van der Waals surface area contributed by atoms with Crippen molar-refractivity contribution in [3.05, 3.63) is 119 Å². The fourth-order valence-electron chi connectivity index (χ4n) is 7.90. The molecule has 0 fully saturated rings. The molecule has 8 aromatic rings. The highest BCUT2D eigenvalue weighted by Crippen LogP contribution is 2.23. The van der Waals surface area contributed by atoms with Gasteiger partial charge in [-0.2, -0.15) is 25.1 Å². The minimum atomic E-state index is 0. The zero-order valence-corrected chi connectivity index (χ0v) is 62.4. The van der Waals surface area contributed by atoms with Gasteiger partial charge in [-0.1, -0.05) is 251 Å². The van der Waals surface area contributed by atoms with Gasteiger partial charge in [0.15, 0.2) is 5.82 Å². The molecule has 8 heterocycles. The Morgan fingerprint density at radius 2 is 0.929 bits per heavy atom. The molecular formula is C77H153N19O3. The van der Waals surface area contributed by atoms with Crippen LogP contribution in [0.3, 0.4) is 0 Å². The summed E-state index contributed by atoms with van der Waals surface area (Å²) in [4.78, 5) is 26.5. The Bertz CT molecular complexity index is 2960. The molecule has 0 aromatic carbocycles. The Morgan fingerprint density at radius 3 is 1.31 bits per heavy atom. The van der Waals surface area contributed by atoms with Gasteiger partial charge in [0.1, 0.15) is 24.7 Å². The number of aryl methyl sites for hydroxylation is 6. The van der Waals surface area contributed by atoms with Crippen molar-refractivity contribution in [2.24, 2.45) is 50.4 Å². The molecule has 0 aliphatic heterocycles. The first-order chi connectivity index (χ1) is 41.4. The summed E-state index contributed by atoms with van der Waals surface area (Å²) in [5.74, 6) is 2.94. The second-order valence-corrected chi connectivity index (χ2v) is 33.0. The Morgan fingerprint density at radius 1 is 0.424 bits per heavy atom. The highest BCUT2D eigenvalue weighted by atomic mass is 16.5. The minimum Gasteiger partial charge on any atom is -0.476 e. The predicted octanol–water partition coefficient (Wildman–Crippen LogP) is 20.5. The van der Waals surface area contributed by atoms with Crippen molar-refractivity contribution in [3.63, 3.8) is 0 Å². The third-order valence-electron chi connectivity index (χ3n) is 10.9. The van der Waals surface area contributed by atoms with Gasteiger partial charge in [-0.3, -0.25) is 19.3 Å².